The Labute approximate surface area is 300 Å². The number of nitrogens with one attached hydrogen (secondary N) is 2. The zero-order valence-corrected chi connectivity index (χ0v) is 29.3. The van der Waals surface area contributed by atoms with Crippen molar-refractivity contribution in [2.24, 2.45) is 17.5 Å². The van der Waals surface area contributed by atoms with Crippen molar-refractivity contribution in [2.45, 2.75) is 64.1 Å². The van der Waals surface area contributed by atoms with Crippen molar-refractivity contribution in [3.05, 3.63) is 82.8 Å². The molecule has 6 rings (SSSR count). The van der Waals surface area contributed by atoms with Gasteiger partial charge in [-0.2, -0.15) is 23.4 Å². The molecule has 0 saturated heterocycles. The molecule has 276 valence electrons. The molecule has 0 radical (unpaired) electrons. The largest absolute Gasteiger partial charge is 0.447 e. The van der Waals surface area contributed by atoms with Crippen LogP contribution in [0.25, 0.3) is 16.9 Å². The lowest BCUT2D eigenvalue weighted by Crippen LogP contribution is -2.51. The number of carbonyl (C=O) groups excluding carboxylic acids is 2. The van der Waals surface area contributed by atoms with Gasteiger partial charge in [-0.15, -0.1) is 0 Å². The molecule has 1 aliphatic heterocycles. The highest BCUT2D eigenvalue weighted by Crippen LogP contribution is 2.49. The van der Waals surface area contributed by atoms with Crippen LogP contribution in [0, 0.1) is 11.2 Å². The molecule has 18 heteroatoms. The van der Waals surface area contributed by atoms with Gasteiger partial charge in [0.05, 0.1) is 28.0 Å². The zero-order chi connectivity index (χ0) is 37.6. The van der Waals surface area contributed by atoms with Crippen LogP contribution in [0.5, 0.6) is 0 Å². The molecular weight excluding hydrogens is 713 g/mol. The number of carbonyl (C=O) groups is 2. The first kappa shape index (κ1) is 36.7. The maximum atomic E-state index is 16.3. The average molecular weight is 748 g/mol. The van der Waals surface area contributed by atoms with E-state index in [1.807, 2.05) is 26.1 Å². The Hall–Kier alpha value is -5.06. The van der Waals surface area contributed by atoms with E-state index in [4.69, 9.17) is 16.3 Å². The van der Waals surface area contributed by atoms with Crippen molar-refractivity contribution in [3.8, 4) is 16.9 Å². The van der Waals surface area contributed by atoms with Gasteiger partial charge in [0.15, 0.2) is 5.82 Å². The van der Waals surface area contributed by atoms with E-state index in [1.165, 1.54) is 35.0 Å². The number of alkyl carbamates (subject to hydrolysis) is 1. The Morgan fingerprint density at radius 2 is 1.88 bits per heavy atom. The van der Waals surface area contributed by atoms with Crippen molar-refractivity contribution in [3.63, 3.8) is 0 Å². The maximum Gasteiger partial charge on any atom is 0.411 e. The first-order chi connectivity index (χ1) is 24.5. The Morgan fingerprint density at radius 1 is 1.13 bits per heavy atom. The Morgan fingerprint density at radius 3 is 2.52 bits per heavy atom. The average Bonchev–Trinajstić information content (AvgIpc) is 3.47. The van der Waals surface area contributed by atoms with Crippen LogP contribution in [0.15, 0.2) is 60.0 Å². The zero-order valence-electron chi connectivity index (χ0n) is 28.5. The second-order valence-corrected chi connectivity index (χ2v) is 14.2. The van der Waals surface area contributed by atoms with Crippen LogP contribution in [0.2, 0.25) is 5.02 Å². The van der Waals surface area contributed by atoms with Gasteiger partial charge >= 0.3 is 12.3 Å². The van der Waals surface area contributed by atoms with Crippen molar-refractivity contribution in [1.82, 2.24) is 40.1 Å². The van der Waals surface area contributed by atoms with Crippen LogP contribution in [0.3, 0.4) is 0 Å². The number of nitrogens with zero attached hydrogens (tertiary/aromatic N) is 7. The minimum Gasteiger partial charge on any atom is -0.447 e. The van der Waals surface area contributed by atoms with Crippen LogP contribution in [-0.4, -0.2) is 72.3 Å². The summed E-state index contributed by atoms with van der Waals surface area (Å²) in [6.45, 7) is 5.15. The molecule has 1 unspecified atom stereocenters. The second-order valence-electron chi connectivity index (χ2n) is 13.8. The molecule has 2 atom stereocenters. The summed E-state index contributed by atoms with van der Waals surface area (Å²) < 4.78 is 81.4. The van der Waals surface area contributed by atoms with Gasteiger partial charge in [0.2, 0.25) is 12.3 Å². The van der Waals surface area contributed by atoms with Gasteiger partial charge < -0.3 is 15.4 Å². The predicted molar refractivity (Wildman–Crippen MR) is 180 cm³/mol. The molecule has 2 aromatic carbocycles. The first-order valence-electron chi connectivity index (χ1n) is 16.3. The topological polar surface area (TPSA) is 132 Å². The fraction of sp³-hybridized carbons (Fsp3) is 0.412. The molecule has 2 amide bonds. The highest BCUT2D eigenvalue weighted by Gasteiger charge is 2.64. The number of halogens is 6. The van der Waals surface area contributed by atoms with Crippen LogP contribution in [0.1, 0.15) is 74.1 Å². The number of ether oxygens (including phenoxy) is 1. The fourth-order valence-corrected chi connectivity index (χ4v) is 5.81. The number of hydrogen-bond donors (Lipinski definition) is 2. The SMILES string of the molecule is Cn1ccc(-c2ccc(C(=O)N3C(=NCCC(C)(C)C)NC(F)c4ncnn4-c4cc(ccc4Cl)[C@H]3COC(=O)NC3(C(F)(F)F)CC3)c(F)c2)n1. The summed E-state index contributed by atoms with van der Waals surface area (Å²) in [5, 5.41) is 13.0. The van der Waals surface area contributed by atoms with Gasteiger partial charge in [-0.25, -0.2) is 23.2 Å². The van der Waals surface area contributed by atoms with Crippen molar-refractivity contribution in [2.75, 3.05) is 13.2 Å². The van der Waals surface area contributed by atoms with Gasteiger partial charge in [0.1, 0.15) is 24.3 Å². The van der Waals surface area contributed by atoms with Crippen LogP contribution >= 0.6 is 11.6 Å². The lowest BCUT2D eigenvalue weighted by Gasteiger charge is -2.35. The Kier molecular flexibility index (Phi) is 9.76. The van der Waals surface area contributed by atoms with Gasteiger partial charge in [-0.05, 0) is 60.6 Å². The van der Waals surface area contributed by atoms with Crippen LogP contribution in [-0.2, 0) is 11.8 Å². The van der Waals surface area contributed by atoms with E-state index in [1.54, 1.807) is 19.3 Å². The summed E-state index contributed by atoms with van der Waals surface area (Å²) in [4.78, 5) is 37.1. The third kappa shape index (κ3) is 7.59. The Bertz CT molecular complexity index is 2020. The molecule has 1 aliphatic carbocycles. The lowest BCUT2D eigenvalue weighted by atomic mass is 9.92. The number of aryl methyl sites for hydroxylation is 1. The van der Waals surface area contributed by atoms with Crippen molar-refractivity contribution in [1.29, 1.82) is 0 Å². The van der Waals surface area contributed by atoms with Crippen molar-refractivity contribution >= 4 is 29.6 Å². The number of amides is 2. The molecule has 12 nitrogen and oxygen atoms in total. The van der Waals surface area contributed by atoms with Gasteiger partial charge in [0, 0.05) is 25.4 Å². The van der Waals surface area contributed by atoms with E-state index in [0.717, 1.165) is 22.0 Å². The summed E-state index contributed by atoms with van der Waals surface area (Å²) in [6.07, 6.45) is -5.72. The molecule has 1 saturated carbocycles. The number of hydrogen-bond acceptors (Lipinski definition) is 7. The minimum absolute atomic E-state index is 0.0597. The molecule has 2 aromatic heterocycles. The third-order valence-electron chi connectivity index (χ3n) is 8.74. The maximum absolute atomic E-state index is 16.3. The lowest BCUT2D eigenvalue weighted by molar-refractivity contribution is -0.164. The highest BCUT2D eigenvalue weighted by molar-refractivity contribution is 6.32. The molecule has 0 spiro atoms. The first-order valence-corrected chi connectivity index (χ1v) is 16.6. The normalized spacial score (nSPS) is 19.1. The van der Waals surface area contributed by atoms with Crippen LogP contribution in [0.4, 0.5) is 26.7 Å². The number of rotatable bonds is 7. The summed E-state index contributed by atoms with van der Waals surface area (Å²) in [5.74, 6) is -2.62. The van der Waals surface area contributed by atoms with E-state index < -0.39 is 54.0 Å². The molecule has 3 heterocycles. The number of aliphatic imine (C=N–C) groups is 1. The molecule has 52 heavy (non-hydrogen) atoms. The number of aromatic nitrogens is 5. The van der Waals surface area contributed by atoms with E-state index in [0.29, 0.717) is 17.7 Å². The molecular formula is C34H35ClF5N9O3. The monoisotopic (exact) mass is 747 g/mol. The van der Waals surface area contributed by atoms with Crippen LogP contribution < -0.4 is 10.6 Å². The predicted octanol–water partition coefficient (Wildman–Crippen LogP) is 6.83. The van der Waals surface area contributed by atoms with E-state index in [9.17, 15) is 22.8 Å². The van der Waals surface area contributed by atoms with Gasteiger partial charge in [-0.1, -0.05) is 44.5 Å². The number of alkyl halides is 4. The van der Waals surface area contributed by atoms with E-state index in [-0.39, 0.29) is 52.9 Å². The molecule has 2 N–H and O–H groups in total. The van der Waals surface area contributed by atoms with Gasteiger partial charge in [0.25, 0.3) is 5.91 Å². The van der Waals surface area contributed by atoms with Crippen molar-refractivity contribution < 1.29 is 36.3 Å². The van der Waals surface area contributed by atoms with E-state index in [2.05, 4.69) is 25.5 Å². The smallest absolute Gasteiger partial charge is 0.411 e. The molecule has 2 aliphatic rings. The van der Waals surface area contributed by atoms with Gasteiger partial charge in [-0.3, -0.25) is 19.4 Å². The summed E-state index contributed by atoms with van der Waals surface area (Å²) >= 11 is 6.51. The summed E-state index contributed by atoms with van der Waals surface area (Å²) in [7, 11) is 1.69. The Balaban J connectivity index is 1.48. The highest BCUT2D eigenvalue weighted by atomic mass is 35.5. The quantitative estimate of drug-likeness (QED) is 0.157. The number of benzene rings is 2. The molecule has 2 bridgehead atoms. The van der Waals surface area contributed by atoms with E-state index >= 15 is 8.78 Å². The second kappa shape index (κ2) is 13.8. The number of guanidine groups is 1. The minimum atomic E-state index is -4.73. The summed E-state index contributed by atoms with van der Waals surface area (Å²) in [5.41, 5.74) is -1.99. The summed E-state index contributed by atoms with van der Waals surface area (Å²) in [6, 6.07) is 8.43. The standard InChI is InChI=1S/C34H35ClF5N9O3/c1-32(2,3)12-13-41-30-44-27(37)28-42-18-43-49(28)25-16-20(6-8-22(25)35)26(17-52-31(51)45-33(10-11-33)34(38,39)40)48(30)29(50)21-7-5-19(15-23(21)36)24-9-14-47(4)46-24/h5-9,14-16,18,26-27H,10-13,17H2,1-4H3,(H,41,44)(H,45,51)/t26-,27?/m1/s1. The molecule has 4 aromatic rings. The molecule has 1 fully saturated rings. The third-order valence-corrected chi connectivity index (χ3v) is 9.06. The number of fused-ring (bicyclic) bond motifs is 4. The fourth-order valence-electron chi connectivity index (χ4n) is 5.62.